The molecule has 1 aliphatic heterocycles. The summed E-state index contributed by atoms with van der Waals surface area (Å²) in [4.78, 5) is 4.47. The molecule has 8 heteroatoms. The predicted octanol–water partition coefficient (Wildman–Crippen LogP) is 3.94. The minimum absolute atomic E-state index is 0.166. The quantitative estimate of drug-likeness (QED) is 0.658. The number of hydrogen-bond acceptors (Lipinski definition) is 4. The van der Waals surface area contributed by atoms with Crippen LogP contribution in [-0.2, 0) is 6.54 Å². The van der Waals surface area contributed by atoms with Crippen molar-refractivity contribution in [2.45, 2.75) is 12.6 Å². The molecule has 2 aromatic rings. The molecule has 1 aliphatic rings. The Labute approximate surface area is 176 Å². The van der Waals surface area contributed by atoms with Crippen molar-refractivity contribution in [2.24, 2.45) is 0 Å². The highest BCUT2D eigenvalue weighted by Gasteiger charge is 2.20. The van der Waals surface area contributed by atoms with Gasteiger partial charge in [0.1, 0.15) is 12.7 Å². The number of halogens is 4. The Bertz CT molecular complexity index is 763. The highest BCUT2D eigenvalue weighted by atomic mass is 79.9. The van der Waals surface area contributed by atoms with E-state index in [1.165, 1.54) is 5.56 Å². The van der Waals surface area contributed by atoms with E-state index in [1.54, 1.807) is 0 Å². The van der Waals surface area contributed by atoms with Gasteiger partial charge in [-0.1, -0.05) is 39.7 Å². The normalized spacial score (nSPS) is 16.9. The van der Waals surface area contributed by atoms with Crippen LogP contribution in [0.2, 0.25) is 5.02 Å². The number of β-amino-alcohol motifs (C(OH)–C–C–N with tert-alkyl or cyclic N) is 1. The van der Waals surface area contributed by atoms with Crippen molar-refractivity contribution in [3.8, 4) is 5.75 Å². The number of hydrogen-bond donors (Lipinski definition) is 1. The van der Waals surface area contributed by atoms with Crippen molar-refractivity contribution in [2.75, 3.05) is 39.3 Å². The van der Waals surface area contributed by atoms with Crippen LogP contribution in [0, 0.1) is 11.6 Å². The molecule has 152 valence electrons. The van der Waals surface area contributed by atoms with Gasteiger partial charge in [-0.05, 0) is 29.8 Å². The molecular formula is C20H22BrClF2N2O2. The van der Waals surface area contributed by atoms with Gasteiger partial charge in [-0.25, -0.2) is 8.78 Å². The molecule has 0 radical (unpaired) electrons. The van der Waals surface area contributed by atoms with Gasteiger partial charge >= 0.3 is 0 Å². The number of benzene rings is 2. The maximum Gasteiger partial charge on any atom is 0.190 e. The first kappa shape index (κ1) is 21.5. The van der Waals surface area contributed by atoms with Gasteiger partial charge in [0.25, 0.3) is 0 Å². The summed E-state index contributed by atoms with van der Waals surface area (Å²) < 4.78 is 33.0. The number of ether oxygens (including phenoxy) is 1. The molecule has 1 N–H and O–H groups in total. The van der Waals surface area contributed by atoms with Crippen molar-refractivity contribution in [3.05, 3.63) is 63.1 Å². The maximum absolute atomic E-state index is 13.8. The standard InChI is InChI=1S/C20H22BrClF2N2O2/c21-15-9-18(23)20(19(24)10-15)28-13-17(27)12-26-7-5-25(6-8-26)11-14-1-3-16(22)4-2-14/h1-4,9-10,17,27H,5-8,11-13H2. The molecular weight excluding hydrogens is 454 g/mol. The summed E-state index contributed by atoms with van der Waals surface area (Å²) in [5.41, 5.74) is 1.21. The monoisotopic (exact) mass is 474 g/mol. The molecule has 1 unspecified atom stereocenters. The van der Waals surface area contributed by atoms with Gasteiger partial charge in [-0.2, -0.15) is 0 Å². The lowest BCUT2D eigenvalue weighted by molar-refractivity contribution is 0.0428. The van der Waals surface area contributed by atoms with E-state index in [0.717, 1.165) is 49.9 Å². The Hall–Kier alpha value is -1.25. The summed E-state index contributed by atoms with van der Waals surface area (Å²) >= 11 is 8.93. The second-order valence-corrected chi connectivity index (χ2v) is 8.22. The molecule has 0 amide bonds. The summed E-state index contributed by atoms with van der Waals surface area (Å²) in [5, 5.41) is 10.9. The topological polar surface area (TPSA) is 35.9 Å². The smallest absolute Gasteiger partial charge is 0.190 e. The van der Waals surface area contributed by atoms with E-state index in [9.17, 15) is 13.9 Å². The molecule has 1 heterocycles. The zero-order chi connectivity index (χ0) is 20.1. The molecule has 2 aromatic carbocycles. The Morgan fingerprint density at radius 1 is 1.04 bits per heavy atom. The van der Waals surface area contributed by atoms with Gasteiger partial charge < -0.3 is 9.84 Å². The van der Waals surface area contributed by atoms with Crippen molar-refractivity contribution >= 4 is 27.5 Å². The SMILES string of the molecule is OC(COc1c(F)cc(Br)cc1F)CN1CCN(Cc2ccc(Cl)cc2)CC1. The summed E-state index contributed by atoms with van der Waals surface area (Å²) in [6.07, 6.45) is -0.828. The van der Waals surface area contributed by atoms with Crippen LogP contribution in [0.3, 0.4) is 0 Å². The van der Waals surface area contributed by atoms with Crippen LogP contribution < -0.4 is 4.74 Å². The fraction of sp³-hybridized carbons (Fsp3) is 0.400. The van der Waals surface area contributed by atoms with Crippen molar-refractivity contribution in [1.29, 1.82) is 0 Å². The minimum atomic E-state index is -0.828. The summed E-state index contributed by atoms with van der Waals surface area (Å²) in [5.74, 6) is -2.06. The summed E-state index contributed by atoms with van der Waals surface area (Å²) in [7, 11) is 0. The van der Waals surface area contributed by atoms with E-state index in [0.29, 0.717) is 11.0 Å². The molecule has 0 spiro atoms. The van der Waals surface area contributed by atoms with Gasteiger partial charge in [0.2, 0.25) is 0 Å². The third kappa shape index (κ3) is 6.12. The van der Waals surface area contributed by atoms with Gasteiger partial charge in [-0.15, -0.1) is 0 Å². The Balaban J connectivity index is 1.41. The van der Waals surface area contributed by atoms with Crippen LogP contribution >= 0.6 is 27.5 Å². The molecule has 0 aliphatic carbocycles. The third-order valence-electron chi connectivity index (χ3n) is 4.64. The molecule has 1 fully saturated rings. The van der Waals surface area contributed by atoms with Crippen LogP contribution in [0.15, 0.2) is 40.9 Å². The first-order valence-electron chi connectivity index (χ1n) is 9.05. The van der Waals surface area contributed by atoms with E-state index in [4.69, 9.17) is 16.3 Å². The molecule has 3 rings (SSSR count). The van der Waals surface area contributed by atoms with Crippen LogP contribution in [0.25, 0.3) is 0 Å². The van der Waals surface area contributed by atoms with Gasteiger partial charge in [0, 0.05) is 48.8 Å². The largest absolute Gasteiger partial charge is 0.485 e. The Morgan fingerprint density at radius 3 is 2.21 bits per heavy atom. The lowest BCUT2D eigenvalue weighted by atomic mass is 10.2. The Morgan fingerprint density at radius 2 is 1.61 bits per heavy atom. The Kier molecular flexibility index (Phi) is 7.65. The van der Waals surface area contributed by atoms with E-state index in [1.807, 2.05) is 24.3 Å². The lowest BCUT2D eigenvalue weighted by Crippen LogP contribution is -2.48. The number of piperazine rings is 1. The molecule has 1 atom stereocenters. The van der Waals surface area contributed by atoms with E-state index in [-0.39, 0.29) is 6.61 Å². The molecule has 0 saturated carbocycles. The first-order valence-corrected chi connectivity index (χ1v) is 10.2. The van der Waals surface area contributed by atoms with Crippen molar-refractivity contribution in [3.63, 3.8) is 0 Å². The van der Waals surface area contributed by atoms with E-state index in [2.05, 4.69) is 25.7 Å². The average molecular weight is 476 g/mol. The molecule has 0 bridgehead atoms. The number of aliphatic hydroxyl groups excluding tert-OH is 1. The number of nitrogens with zero attached hydrogens (tertiary/aromatic N) is 2. The molecule has 28 heavy (non-hydrogen) atoms. The van der Waals surface area contributed by atoms with Crippen LogP contribution in [-0.4, -0.2) is 60.3 Å². The fourth-order valence-corrected chi connectivity index (χ4v) is 3.70. The van der Waals surface area contributed by atoms with Gasteiger partial charge in [0.05, 0.1) is 0 Å². The summed E-state index contributed by atoms with van der Waals surface area (Å²) in [6, 6.07) is 10.1. The van der Waals surface area contributed by atoms with E-state index >= 15 is 0 Å². The first-order chi connectivity index (χ1) is 13.4. The minimum Gasteiger partial charge on any atom is -0.485 e. The highest BCUT2D eigenvalue weighted by Crippen LogP contribution is 2.26. The van der Waals surface area contributed by atoms with Crippen molar-refractivity contribution < 1.29 is 18.6 Å². The van der Waals surface area contributed by atoms with Gasteiger partial charge in [0.15, 0.2) is 17.4 Å². The average Bonchev–Trinajstić information content (AvgIpc) is 2.64. The second kappa shape index (κ2) is 9.98. The summed E-state index contributed by atoms with van der Waals surface area (Å²) in [6.45, 7) is 4.48. The van der Waals surface area contributed by atoms with E-state index < -0.39 is 23.5 Å². The second-order valence-electron chi connectivity index (χ2n) is 6.87. The number of aliphatic hydroxyl groups is 1. The zero-order valence-corrected chi connectivity index (χ0v) is 17.6. The third-order valence-corrected chi connectivity index (χ3v) is 5.35. The van der Waals surface area contributed by atoms with Crippen LogP contribution in [0.1, 0.15) is 5.56 Å². The van der Waals surface area contributed by atoms with Crippen molar-refractivity contribution in [1.82, 2.24) is 9.80 Å². The highest BCUT2D eigenvalue weighted by molar-refractivity contribution is 9.10. The van der Waals surface area contributed by atoms with Crippen LogP contribution in [0.4, 0.5) is 8.78 Å². The maximum atomic E-state index is 13.8. The fourth-order valence-electron chi connectivity index (χ4n) is 3.18. The zero-order valence-electron chi connectivity index (χ0n) is 15.3. The van der Waals surface area contributed by atoms with Gasteiger partial charge in [-0.3, -0.25) is 9.80 Å². The van der Waals surface area contributed by atoms with Crippen LogP contribution in [0.5, 0.6) is 5.75 Å². The predicted molar refractivity (Wildman–Crippen MR) is 109 cm³/mol. The molecule has 4 nitrogen and oxygen atoms in total. The molecule has 1 saturated heterocycles. The lowest BCUT2D eigenvalue weighted by Gasteiger charge is -2.35. The number of rotatable bonds is 7. The molecule has 0 aromatic heterocycles.